The molecular formula is C25H27N. The summed E-state index contributed by atoms with van der Waals surface area (Å²) in [6.07, 6.45) is 3.52. The Kier molecular flexibility index (Phi) is 5.17. The molecule has 0 radical (unpaired) electrons. The van der Waals surface area contributed by atoms with Crippen LogP contribution in [0.3, 0.4) is 0 Å². The van der Waals surface area contributed by atoms with Crippen LogP contribution < -0.4 is 0 Å². The second-order valence-electron chi connectivity index (χ2n) is 7.39. The standard InChI is InChI=1S/C25H27N/c1-4-10-22(11-5-1)16-19-26-20-17-25(18-21-26,23-12-6-2-7-13-23)24-14-8-3-9-15-24/h1-15H,16-21H2. The van der Waals surface area contributed by atoms with Gasteiger partial charge in [0.15, 0.2) is 0 Å². The van der Waals surface area contributed by atoms with Gasteiger partial charge in [0.25, 0.3) is 0 Å². The second-order valence-corrected chi connectivity index (χ2v) is 7.39. The predicted molar refractivity (Wildman–Crippen MR) is 109 cm³/mol. The maximum absolute atomic E-state index is 2.64. The van der Waals surface area contributed by atoms with E-state index in [0.717, 1.165) is 26.1 Å². The van der Waals surface area contributed by atoms with Crippen molar-refractivity contribution in [3.05, 3.63) is 108 Å². The molecule has 1 heteroatoms. The van der Waals surface area contributed by atoms with Gasteiger partial charge in [-0.05, 0) is 49.0 Å². The summed E-state index contributed by atoms with van der Waals surface area (Å²) in [4.78, 5) is 2.64. The third-order valence-corrected chi connectivity index (χ3v) is 5.92. The van der Waals surface area contributed by atoms with Gasteiger partial charge in [0, 0.05) is 12.0 Å². The predicted octanol–water partition coefficient (Wildman–Crippen LogP) is 5.31. The Morgan fingerprint density at radius 2 is 1.08 bits per heavy atom. The van der Waals surface area contributed by atoms with Gasteiger partial charge in [-0.2, -0.15) is 0 Å². The van der Waals surface area contributed by atoms with Crippen molar-refractivity contribution in [2.75, 3.05) is 19.6 Å². The Balaban J connectivity index is 1.50. The van der Waals surface area contributed by atoms with Crippen LogP contribution in [0.4, 0.5) is 0 Å². The summed E-state index contributed by atoms with van der Waals surface area (Å²) >= 11 is 0. The Bertz CT molecular complexity index is 746. The molecule has 0 aromatic heterocycles. The topological polar surface area (TPSA) is 3.24 Å². The highest BCUT2D eigenvalue weighted by molar-refractivity contribution is 5.40. The third kappa shape index (κ3) is 3.59. The van der Waals surface area contributed by atoms with E-state index in [1.807, 2.05) is 0 Å². The lowest BCUT2D eigenvalue weighted by Crippen LogP contribution is -2.44. The van der Waals surface area contributed by atoms with Crippen molar-refractivity contribution >= 4 is 0 Å². The van der Waals surface area contributed by atoms with Crippen LogP contribution in [-0.4, -0.2) is 24.5 Å². The lowest BCUT2D eigenvalue weighted by atomic mass is 9.68. The molecule has 3 aromatic rings. The van der Waals surface area contributed by atoms with Crippen LogP contribution in [-0.2, 0) is 11.8 Å². The summed E-state index contributed by atoms with van der Waals surface area (Å²) in [5.74, 6) is 0. The van der Waals surface area contributed by atoms with Crippen molar-refractivity contribution in [2.45, 2.75) is 24.7 Å². The van der Waals surface area contributed by atoms with E-state index < -0.39 is 0 Å². The van der Waals surface area contributed by atoms with Crippen molar-refractivity contribution < 1.29 is 0 Å². The number of piperidine rings is 1. The van der Waals surface area contributed by atoms with Gasteiger partial charge in [0.2, 0.25) is 0 Å². The van der Waals surface area contributed by atoms with Gasteiger partial charge < -0.3 is 4.90 Å². The molecule has 0 saturated carbocycles. The lowest BCUT2D eigenvalue weighted by Gasteiger charge is -2.43. The molecule has 132 valence electrons. The Morgan fingerprint density at radius 3 is 1.58 bits per heavy atom. The summed E-state index contributed by atoms with van der Waals surface area (Å²) in [7, 11) is 0. The molecule has 0 amide bonds. The minimum atomic E-state index is 0.158. The van der Waals surface area contributed by atoms with E-state index in [-0.39, 0.29) is 5.41 Å². The van der Waals surface area contributed by atoms with Crippen LogP contribution in [0.5, 0.6) is 0 Å². The third-order valence-electron chi connectivity index (χ3n) is 5.92. The van der Waals surface area contributed by atoms with Crippen molar-refractivity contribution in [1.29, 1.82) is 0 Å². The van der Waals surface area contributed by atoms with Gasteiger partial charge in [0.05, 0.1) is 0 Å². The van der Waals surface area contributed by atoms with E-state index in [9.17, 15) is 0 Å². The average molecular weight is 341 g/mol. The van der Waals surface area contributed by atoms with Crippen LogP contribution in [0.15, 0.2) is 91.0 Å². The number of hydrogen-bond acceptors (Lipinski definition) is 1. The van der Waals surface area contributed by atoms with Crippen LogP contribution in [0, 0.1) is 0 Å². The molecule has 0 bridgehead atoms. The molecule has 1 saturated heterocycles. The summed E-state index contributed by atoms with van der Waals surface area (Å²) in [6.45, 7) is 3.48. The fourth-order valence-corrected chi connectivity index (χ4v) is 4.35. The van der Waals surface area contributed by atoms with Crippen LogP contribution in [0.25, 0.3) is 0 Å². The summed E-state index contributed by atoms with van der Waals surface area (Å²) < 4.78 is 0. The maximum atomic E-state index is 2.64. The van der Waals surface area contributed by atoms with E-state index in [1.54, 1.807) is 0 Å². The van der Waals surface area contributed by atoms with Crippen molar-refractivity contribution in [3.63, 3.8) is 0 Å². The normalized spacial score (nSPS) is 17.1. The highest BCUT2D eigenvalue weighted by atomic mass is 15.1. The van der Waals surface area contributed by atoms with Gasteiger partial charge in [-0.25, -0.2) is 0 Å². The molecular weight excluding hydrogens is 314 g/mol. The largest absolute Gasteiger partial charge is 0.303 e. The molecule has 0 aliphatic carbocycles. The van der Waals surface area contributed by atoms with Crippen LogP contribution >= 0.6 is 0 Å². The lowest BCUT2D eigenvalue weighted by molar-refractivity contribution is 0.181. The molecule has 4 rings (SSSR count). The zero-order valence-electron chi connectivity index (χ0n) is 15.4. The minimum absolute atomic E-state index is 0.158. The molecule has 26 heavy (non-hydrogen) atoms. The molecule has 0 spiro atoms. The van der Waals surface area contributed by atoms with Crippen molar-refractivity contribution in [3.8, 4) is 0 Å². The average Bonchev–Trinajstić information content (AvgIpc) is 2.75. The monoisotopic (exact) mass is 341 g/mol. The SMILES string of the molecule is c1ccc(CCN2CCC(c3ccccc3)(c3ccccc3)CC2)cc1. The smallest absolute Gasteiger partial charge is 0.0227 e. The number of nitrogens with zero attached hydrogens (tertiary/aromatic N) is 1. The van der Waals surface area contributed by atoms with Crippen molar-refractivity contribution in [2.24, 2.45) is 0 Å². The zero-order valence-corrected chi connectivity index (χ0v) is 15.4. The number of hydrogen-bond donors (Lipinski definition) is 0. The first-order chi connectivity index (χ1) is 12.9. The van der Waals surface area contributed by atoms with E-state index >= 15 is 0 Å². The minimum Gasteiger partial charge on any atom is -0.303 e. The van der Waals surface area contributed by atoms with E-state index in [1.165, 1.54) is 29.5 Å². The van der Waals surface area contributed by atoms with E-state index in [4.69, 9.17) is 0 Å². The van der Waals surface area contributed by atoms with E-state index in [0.29, 0.717) is 0 Å². The highest BCUT2D eigenvalue weighted by Crippen LogP contribution is 2.41. The molecule has 1 heterocycles. The highest BCUT2D eigenvalue weighted by Gasteiger charge is 2.37. The Morgan fingerprint density at radius 1 is 0.615 bits per heavy atom. The van der Waals surface area contributed by atoms with Gasteiger partial charge in [-0.15, -0.1) is 0 Å². The molecule has 1 nitrogen and oxygen atoms in total. The van der Waals surface area contributed by atoms with Crippen LogP contribution in [0.2, 0.25) is 0 Å². The number of rotatable bonds is 5. The van der Waals surface area contributed by atoms with E-state index in [2.05, 4.69) is 95.9 Å². The quantitative estimate of drug-likeness (QED) is 0.608. The fraction of sp³-hybridized carbons (Fsp3) is 0.280. The van der Waals surface area contributed by atoms with Crippen molar-refractivity contribution in [1.82, 2.24) is 4.90 Å². The second kappa shape index (κ2) is 7.88. The molecule has 3 aromatic carbocycles. The molecule has 0 N–H and O–H groups in total. The Labute approximate surface area is 157 Å². The summed E-state index contributed by atoms with van der Waals surface area (Å²) in [5.41, 5.74) is 4.53. The number of likely N-dealkylation sites (tertiary alicyclic amines) is 1. The summed E-state index contributed by atoms with van der Waals surface area (Å²) in [5, 5.41) is 0. The first-order valence-electron chi connectivity index (χ1n) is 9.74. The maximum Gasteiger partial charge on any atom is 0.0227 e. The van der Waals surface area contributed by atoms with Gasteiger partial charge in [0.1, 0.15) is 0 Å². The first-order valence-corrected chi connectivity index (χ1v) is 9.74. The molecule has 1 fully saturated rings. The first kappa shape index (κ1) is 17.1. The fourth-order valence-electron chi connectivity index (χ4n) is 4.35. The summed E-state index contributed by atoms with van der Waals surface area (Å²) in [6, 6.07) is 33.1. The van der Waals surface area contributed by atoms with Gasteiger partial charge >= 0.3 is 0 Å². The zero-order chi connectivity index (χ0) is 17.7. The van der Waals surface area contributed by atoms with Crippen LogP contribution in [0.1, 0.15) is 29.5 Å². The van der Waals surface area contributed by atoms with Gasteiger partial charge in [-0.3, -0.25) is 0 Å². The Hall–Kier alpha value is -2.38. The molecule has 0 atom stereocenters. The van der Waals surface area contributed by atoms with Gasteiger partial charge in [-0.1, -0.05) is 91.0 Å². The molecule has 1 aliphatic heterocycles. The molecule has 0 unspecified atom stereocenters. The molecule has 1 aliphatic rings. The number of benzene rings is 3.